The van der Waals surface area contributed by atoms with E-state index in [1.54, 1.807) is 25.1 Å². The summed E-state index contributed by atoms with van der Waals surface area (Å²) < 4.78 is 21.1. The molecule has 0 aliphatic rings. The van der Waals surface area contributed by atoms with Crippen LogP contribution in [-0.4, -0.2) is 37.0 Å². The first-order valence-corrected chi connectivity index (χ1v) is 8.29. The lowest BCUT2D eigenvalue weighted by Gasteiger charge is -2.20. The molecule has 8 nitrogen and oxygen atoms in total. The number of hydrogen-bond acceptors (Lipinski definition) is 8. The zero-order chi connectivity index (χ0) is 20.0. The van der Waals surface area contributed by atoms with Gasteiger partial charge in [0.05, 0.1) is 33.2 Å². The van der Waals surface area contributed by atoms with Crippen molar-refractivity contribution in [3.8, 4) is 17.2 Å². The molecular formula is C19H22O8. The molecule has 0 aliphatic heterocycles. The lowest BCUT2D eigenvalue weighted by Crippen LogP contribution is -2.15. The SMILES string of the molecule is CCOC(=O)CC(c1cc(OC)ccc1OC)c1oc(CO)cc(=O)c1O. The average molecular weight is 378 g/mol. The van der Waals surface area contributed by atoms with Crippen LogP contribution in [0.4, 0.5) is 0 Å². The van der Waals surface area contributed by atoms with Crippen LogP contribution in [0.5, 0.6) is 17.2 Å². The highest BCUT2D eigenvalue weighted by Crippen LogP contribution is 2.39. The van der Waals surface area contributed by atoms with Gasteiger partial charge in [0.2, 0.25) is 11.2 Å². The van der Waals surface area contributed by atoms with Gasteiger partial charge in [-0.2, -0.15) is 0 Å². The van der Waals surface area contributed by atoms with Gasteiger partial charge in [0.15, 0.2) is 5.76 Å². The molecule has 2 N–H and O–H groups in total. The molecule has 0 saturated carbocycles. The van der Waals surface area contributed by atoms with Crippen molar-refractivity contribution in [2.24, 2.45) is 0 Å². The highest BCUT2D eigenvalue weighted by Gasteiger charge is 2.29. The number of aliphatic hydroxyl groups is 1. The van der Waals surface area contributed by atoms with E-state index in [-0.39, 0.29) is 24.5 Å². The van der Waals surface area contributed by atoms with Crippen molar-refractivity contribution in [3.63, 3.8) is 0 Å². The van der Waals surface area contributed by atoms with Gasteiger partial charge in [0.1, 0.15) is 23.9 Å². The summed E-state index contributed by atoms with van der Waals surface area (Å²) in [5, 5.41) is 19.6. The van der Waals surface area contributed by atoms with Crippen LogP contribution < -0.4 is 14.9 Å². The molecule has 1 heterocycles. The number of benzene rings is 1. The molecule has 1 atom stereocenters. The largest absolute Gasteiger partial charge is 0.502 e. The number of aliphatic hydroxyl groups excluding tert-OH is 1. The van der Waals surface area contributed by atoms with E-state index in [0.717, 1.165) is 6.07 Å². The van der Waals surface area contributed by atoms with Gasteiger partial charge in [-0.1, -0.05) is 0 Å². The van der Waals surface area contributed by atoms with Crippen molar-refractivity contribution in [2.75, 3.05) is 20.8 Å². The van der Waals surface area contributed by atoms with Crippen LogP contribution in [0, 0.1) is 0 Å². The van der Waals surface area contributed by atoms with Gasteiger partial charge < -0.3 is 28.8 Å². The smallest absolute Gasteiger partial charge is 0.306 e. The normalized spacial score (nSPS) is 11.7. The fourth-order valence-corrected chi connectivity index (χ4v) is 2.71. The summed E-state index contributed by atoms with van der Waals surface area (Å²) >= 11 is 0. The van der Waals surface area contributed by atoms with E-state index in [1.807, 2.05) is 0 Å². The Kier molecular flexibility index (Phi) is 6.84. The zero-order valence-corrected chi connectivity index (χ0v) is 15.4. The summed E-state index contributed by atoms with van der Waals surface area (Å²) in [4.78, 5) is 24.2. The van der Waals surface area contributed by atoms with Crippen molar-refractivity contribution in [1.29, 1.82) is 0 Å². The Balaban J connectivity index is 2.68. The molecule has 0 bridgehead atoms. The molecule has 0 saturated heterocycles. The monoisotopic (exact) mass is 378 g/mol. The summed E-state index contributed by atoms with van der Waals surface area (Å²) in [5.41, 5.74) is -0.269. The van der Waals surface area contributed by atoms with Crippen LogP contribution in [0.1, 0.15) is 36.3 Å². The summed E-state index contributed by atoms with van der Waals surface area (Å²) in [6.45, 7) is 1.31. The lowest BCUT2D eigenvalue weighted by molar-refractivity contribution is -0.143. The molecule has 27 heavy (non-hydrogen) atoms. The number of rotatable bonds is 8. The third kappa shape index (κ3) is 4.59. The minimum absolute atomic E-state index is 0.0384. The average Bonchev–Trinajstić information content (AvgIpc) is 2.68. The fourth-order valence-electron chi connectivity index (χ4n) is 2.71. The van der Waals surface area contributed by atoms with E-state index in [0.29, 0.717) is 17.1 Å². The quantitative estimate of drug-likeness (QED) is 0.670. The van der Waals surface area contributed by atoms with Crippen molar-refractivity contribution in [1.82, 2.24) is 0 Å². The van der Waals surface area contributed by atoms with Crippen molar-refractivity contribution >= 4 is 5.97 Å². The maximum absolute atomic E-state index is 12.2. The van der Waals surface area contributed by atoms with Crippen LogP contribution >= 0.6 is 0 Å². The van der Waals surface area contributed by atoms with Crippen molar-refractivity contribution < 1.29 is 33.6 Å². The molecule has 0 radical (unpaired) electrons. The topological polar surface area (TPSA) is 115 Å². The van der Waals surface area contributed by atoms with E-state index in [1.165, 1.54) is 14.2 Å². The van der Waals surface area contributed by atoms with Crippen LogP contribution in [0.15, 0.2) is 33.5 Å². The summed E-state index contributed by atoms with van der Waals surface area (Å²) in [6, 6.07) is 5.91. The maximum atomic E-state index is 12.2. The first-order chi connectivity index (χ1) is 12.9. The minimum Gasteiger partial charge on any atom is -0.502 e. The molecule has 0 fully saturated rings. The number of methoxy groups -OCH3 is 2. The molecule has 146 valence electrons. The van der Waals surface area contributed by atoms with Crippen LogP contribution in [0.2, 0.25) is 0 Å². The number of carbonyl (C=O) groups is 1. The Morgan fingerprint density at radius 3 is 2.56 bits per heavy atom. The van der Waals surface area contributed by atoms with Crippen LogP contribution in [-0.2, 0) is 16.1 Å². The number of aromatic hydroxyl groups is 1. The number of esters is 1. The molecule has 0 spiro atoms. The van der Waals surface area contributed by atoms with E-state index < -0.39 is 29.7 Å². The Bertz CT molecular complexity index is 855. The fraction of sp³-hybridized carbons (Fsp3) is 0.368. The molecule has 0 aliphatic carbocycles. The van der Waals surface area contributed by atoms with E-state index in [2.05, 4.69) is 0 Å². The maximum Gasteiger partial charge on any atom is 0.306 e. The second kappa shape index (κ2) is 9.09. The summed E-state index contributed by atoms with van der Waals surface area (Å²) in [6.07, 6.45) is -0.219. The molecule has 0 amide bonds. The van der Waals surface area contributed by atoms with Gasteiger partial charge in [-0.15, -0.1) is 0 Å². The molecule has 2 rings (SSSR count). The highest BCUT2D eigenvalue weighted by atomic mass is 16.5. The third-order valence-electron chi connectivity index (χ3n) is 3.96. The second-order valence-electron chi connectivity index (χ2n) is 5.62. The molecular weight excluding hydrogens is 356 g/mol. The molecule has 1 unspecified atom stereocenters. The van der Waals surface area contributed by atoms with Gasteiger partial charge in [0, 0.05) is 11.6 Å². The van der Waals surface area contributed by atoms with Crippen LogP contribution in [0.3, 0.4) is 0 Å². The third-order valence-corrected chi connectivity index (χ3v) is 3.96. The molecule has 1 aromatic carbocycles. The summed E-state index contributed by atoms with van der Waals surface area (Å²) in [7, 11) is 2.93. The standard InChI is InChI=1S/C19H22O8/c1-4-26-17(22)9-14(13-7-11(24-2)5-6-16(13)25-3)19-18(23)15(21)8-12(10-20)27-19/h5-8,14,20,23H,4,9-10H2,1-3H3. The Morgan fingerprint density at radius 2 is 1.96 bits per heavy atom. The van der Waals surface area contributed by atoms with Gasteiger partial charge >= 0.3 is 5.97 Å². The molecule has 8 heteroatoms. The van der Waals surface area contributed by atoms with Crippen LogP contribution in [0.25, 0.3) is 0 Å². The predicted octanol–water partition coefficient (Wildman–Crippen LogP) is 1.94. The minimum atomic E-state index is -0.895. The molecule has 1 aromatic heterocycles. The van der Waals surface area contributed by atoms with Crippen molar-refractivity contribution in [3.05, 3.63) is 51.6 Å². The Hall–Kier alpha value is -3.00. The van der Waals surface area contributed by atoms with Gasteiger partial charge in [-0.25, -0.2) is 0 Å². The summed E-state index contributed by atoms with van der Waals surface area (Å²) in [5.74, 6) is -1.40. The van der Waals surface area contributed by atoms with E-state index >= 15 is 0 Å². The predicted molar refractivity (Wildman–Crippen MR) is 95.2 cm³/mol. The van der Waals surface area contributed by atoms with E-state index in [9.17, 15) is 19.8 Å². The Morgan fingerprint density at radius 1 is 1.22 bits per heavy atom. The van der Waals surface area contributed by atoms with Gasteiger partial charge in [0.25, 0.3) is 0 Å². The highest BCUT2D eigenvalue weighted by molar-refractivity contribution is 5.72. The first-order valence-electron chi connectivity index (χ1n) is 8.29. The van der Waals surface area contributed by atoms with Gasteiger partial charge in [-0.3, -0.25) is 9.59 Å². The molecule has 2 aromatic rings. The second-order valence-corrected chi connectivity index (χ2v) is 5.62. The van der Waals surface area contributed by atoms with E-state index in [4.69, 9.17) is 18.6 Å². The number of ether oxygens (including phenoxy) is 3. The number of carbonyl (C=O) groups excluding carboxylic acids is 1. The van der Waals surface area contributed by atoms with Gasteiger partial charge in [-0.05, 0) is 25.1 Å². The first kappa shape index (κ1) is 20.3. The van der Waals surface area contributed by atoms with Crippen molar-refractivity contribution in [2.45, 2.75) is 25.9 Å². The lowest BCUT2D eigenvalue weighted by atomic mass is 9.91. The zero-order valence-electron chi connectivity index (χ0n) is 15.4. The Labute approximate surface area is 155 Å². The number of hydrogen-bond donors (Lipinski definition) is 2.